The molecule has 2 aromatic rings. The van der Waals surface area contributed by atoms with Crippen molar-refractivity contribution in [3.63, 3.8) is 0 Å². The van der Waals surface area contributed by atoms with E-state index in [1.54, 1.807) is 11.8 Å². The van der Waals surface area contributed by atoms with Gasteiger partial charge in [0.15, 0.2) is 0 Å². The molecule has 2 aromatic carbocycles. The van der Waals surface area contributed by atoms with Crippen LogP contribution in [0.5, 0.6) is 0 Å². The van der Waals surface area contributed by atoms with Crippen LogP contribution < -0.4 is 5.32 Å². The summed E-state index contributed by atoms with van der Waals surface area (Å²) >= 11 is 1.56. The fraction of sp³-hybridized carbons (Fsp3) is 0.278. The molecule has 0 aromatic heterocycles. The van der Waals surface area contributed by atoms with E-state index in [0.29, 0.717) is 5.75 Å². The van der Waals surface area contributed by atoms with Crippen molar-refractivity contribution in [3.05, 3.63) is 65.7 Å². The van der Waals surface area contributed by atoms with Crippen LogP contribution in [0.3, 0.4) is 0 Å². The molecule has 21 heavy (non-hydrogen) atoms. The molecule has 0 aliphatic carbocycles. The maximum atomic E-state index is 12.0. The first-order chi connectivity index (χ1) is 10.2. The van der Waals surface area contributed by atoms with Gasteiger partial charge < -0.3 is 5.32 Å². The Labute approximate surface area is 131 Å². The van der Waals surface area contributed by atoms with Crippen LogP contribution in [0.1, 0.15) is 31.0 Å². The lowest BCUT2D eigenvalue weighted by Gasteiger charge is -2.14. The number of carbonyl (C=O) groups excluding carboxylic acids is 1. The molecule has 0 spiro atoms. The maximum Gasteiger partial charge on any atom is 0.230 e. The molecule has 1 unspecified atom stereocenters. The summed E-state index contributed by atoms with van der Waals surface area (Å²) in [5.41, 5.74) is 2.46. The number of aryl methyl sites for hydroxylation is 1. The van der Waals surface area contributed by atoms with E-state index in [2.05, 4.69) is 36.5 Å². The van der Waals surface area contributed by atoms with Crippen LogP contribution in [0, 0.1) is 0 Å². The smallest absolute Gasteiger partial charge is 0.230 e. The summed E-state index contributed by atoms with van der Waals surface area (Å²) < 4.78 is 0. The molecule has 0 aliphatic rings. The van der Waals surface area contributed by atoms with Gasteiger partial charge in [-0.05, 0) is 36.6 Å². The number of amides is 1. The number of thioether (sulfide) groups is 1. The molecule has 0 fully saturated rings. The molecular weight excluding hydrogens is 278 g/mol. The minimum absolute atomic E-state index is 0.0415. The molecule has 1 amide bonds. The first-order valence-corrected chi connectivity index (χ1v) is 8.23. The van der Waals surface area contributed by atoms with Gasteiger partial charge in [-0.15, -0.1) is 11.8 Å². The Balaban J connectivity index is 1.83. The van der Waals surface area contributed by atoms with Gasteiger partial charge in [0.05, 0.1) is 11.8 Å². The number of benzene rings is 2. The van der Waals surface area contributed by atoms with E-state index in [1.165, 1.54) is 5.56 Å². The molecule has 0 radical (unpaired) electrons. The number of rotatable bonds is 6. The zero-order valence-electron chi connectivity index (χ0n) is 12.5. The lowest BCUT2D eigenvalue weighted by molar-refractivity contribution is -0.119. The van der Waals surface area contributed by atoms with Crippen LogP contribution >= 0.6 is 11.8 Å². The van der Waals surface area contributed by atoms with Gasteiger partial charge in [-0.2, -0.15) is 0 Å². The summed E-state index contributed by atoms with van der Waals surface area (Å²) in [5, 5.41) is 3.04. The number of nitrogens with one attached hydrogen (secondary N) is 1. The minimum Gasteiger partial charge on any atom is -0.349 e. The second kappa shape index (κ2) is 7.89. The SMILES string of the molecule is CCc1ccc(C(C)NC(=O)CSc2ccccc2)cc1. The summed E-state index contributed by atoms with van der Waals surface area (Å²) in [5.74, 6) is 0.511. The summed E-state index contributed by atoms with van der Waals surface area (Å²) in [7, 11) is 0. The first kappa shape index (κ1) is 15.6. The highest BCUT2D eigenvalue weighted by Crippen LogP contribution is 2.18. The van der Waals surface area contributed by atoms with Gasteiger partial charge in [0, 0.05) is 4.90 Å². The van der Waals surface area contributed by atoms with Gasteiger partial charge in [-0.1, -0.05) is 49.4 Å². The van der Waals surface area contributed by atoms with Gasteiger partial charge >= 0.3 is 0 Å². The highest BCUT2D eigenvalue weighted by atomic mass is 32.2. The van der Waals surface area contributed by atoms with Gasteiger partial charge in [0.25, 0.3) is 0 Å². The molecule has 1 atom stereocenters. The summed E-state index contributed by atoms with van der Waals surface area (Å²) in [6.07, 6.45) is 1.04. The molecule has 3 heteroatoms. The monoisotopic (exact) mass is 299 g/mol. The van der Waals surface area contributed by atoms with Crippen molar-refractivity contribution in [1.82, 2.24) is 5.32 Å². The molecule has 0 aliphatic heterocycles. The molecule has 2 rings (SSSR count). The van der Waals surface area contributed by atoms with Crippen molar-refractivity contribution in [3.8, 4) is 0 Å². The largest absolute Gasteiger partial charge is 0.349 e. The maximum absolute atomic E-state index is 12.0. The topological polar surface area (TPSA) is 29.1 Å². The number of hydrogen-bond acceptors (Lipinski definition) is 2. The van der Waals surface area contributed by atoms with E-state index in [0.717, 1.165) is 16.9 Å². The summed E-state index contributed by atoms with van der Waals surface area (Å²) in [6, 6.07) is 18.5. The van der Waals surface area contributed by atoms with Gasteiger partial charge in [-0.3, -0.25) is 4.79 Å². The van der Waals surface area contributed by atoms with Crippen LogP contribution in [-0.4, -0.2) is 11.7 Å². The molecule has 1 N–H and O–H groups in total. The highest BCUT2D eigenvalue weighted by Gasteiger charge is 2.09. The Morgan fingerprint density at radius 2 is 1.76 bits per heavy atom. The average Bonchev–Trinajstić information content (AvgIpc) is 2.54. The van der Waals surface area contributed by atoms with Gasteiger partial charge in [0.1, 0.15) is 0 Å². The predicted octanol–water partition coefficient (Wildman–Crippen LogP) is 4.22. The predicted molar refractivity (Wildman–Crippen MR) is 89.5 cm³/mol. The van der Waals surface area contributed by atoms with Gasteiger partial charge in [0.2, 0.25) is 5.91 Å². The molecule has 0 saturated heterocycles. The second-order valence-electron chi connectivity index (χ2n) is 4.99. The van der Waals surface area contributed by atoms with Crippen molar-refractivity contribution in [2.24, 2.45) is 0 Å². The Bertz CT molecular complexity index is 566. The minimum atomic E-state index is 0.0415. The standard InChI is InChI=1S/C18H21NOS/c1-3-15-9-11-16(12-10-15)14(2)19-18(20)13-21-17-7-5-4-6-8-17/h4-12,14H,3,13H2,1-2H3,(H,19,20). The fourth-order valence-corrected chi connectivity index (χ4v) is 2.80. The zero-order chi connectivity index (χ0) is 15.1. The lowest BCUT2D eigenvalue weighted by Crippen LogP contribution is -2.28. The van der Waals surface area contributed by atoms with Crippen LogP contribution in [0.4, 0.5) is 0 Å². The molecule has 110 valence electrons. The first-order valence-electron chi connectivity index (χ1n) is 7.25. The third kappa shape index (κ3) is 4.94. The Morgan fingerprint density at radius 1 is 1.10 bits per heavy atom. The van der Waals surface area contributed by atoms with Crippen LogP contribution in [0.15, 0.2) is 59.5 Å². The van der Waals surface area contributed by atoms with Crippen LogP contribution in [0.2, 0.25) is 0 Å². The second-order valence-corrected chi connectivity index (χ2v) is 6.03. The molecule has 0 heterocycles. The van der Waals surface area contributed by atoms with Crippen molar-refractivity contribution in [2.75, 3.05) is 5.75 Å². The number of carbonyl (C=O) groups is 1. The van der Waals surface area contributed by atoms with Gasteiger partial charge in [-0.25, -0.2) is 0 Å². The fourth-order valence-electron chi connectivity index (χ4n) is 2.07. The third-order valence-electron chi connectivity index (χ3n) is 3.38. The average molecular weight is 299 g/mol. The summed E-state index contributed by atoms with van der Waals surface area (Å²) in [6.45, 7) is 4.16. The molecule has 0 bridgehead atoms. The Morgan fingerprint density at radius 3 is 2.38 bits per heavy atom. The van der Waals surface area contributed by atoms with E-state index in [4.69, 9.17) is 0 Å². The normalized spacial score (nSPS) is 11.9. The lowest BCUT2D eigenvalue weighted by atomic mass is 10.1. The van der Waals surface area contributed by atoms with Crippen molar-refractivity contribution >= 4 is 17.7 Å². The molecule has 0 saturated carbocycles. The third-order valence-corrected chi connectivity index (χ3v) is 4.39. The Hall–Kier alpha value is -1.74. The van der Waals surface area contributed by atoms with Crippen LogP contribution in [-0.2, 0) is 11.2 Å². The molecular formula is C18H21NOS. The number of hydrogen-bond donors (Lipinski definition) is 1. The van der Waals surface area contributed by atoms with Crippen molar-refractivity contribution < 1.29 is 4.79 Å². The van der Waals surface area contributed by atoms with Crippen molar-refractivity contribution in [2.45, 2.75) is 31.2 Å². The van der Waals surface area contributed by atoms with E-state index >= 15 is 0 Å². The quantitative estimate of drug-likeness (QED) is 0.809. The van der Waals surface area contributed by atoms with E-state index < -0.39 is 0 Å². The molecule has 2 nitrogen and oxygen atoms in total. The van der Waals surface area contributed by atoms with E-state index in [9.17, 15) is 4.79 Å². The highest BCUT2D eigenvalue weighted by molar-refractivity contribution is 8.00. The van der Waals surface area contributed by atoms with E-state index in [1.807, 2.05) is 37.3 Å². The summed E-state index contributed by atoms with van der Waals surface area (Å²) in [4.78, 5) is 13.1. The van der Waals surface area contributed by atoms with Crippen LogP contribution in [0.25, 0.3) is 0 Å². The van der Waals surface area contributed by atoms with Crippen molar-refractivity contribution in [1.29, 1.82) is 0 Å². The zero-order valence-corrected chi connectivity index (χ0v) is 13.3. The van der Waals surface area contributed by atoms with E-state index in [-0.39, 0.29) is 11.9 Å². The Kier molecular flexibility index (Phi) is 5.88.